The fourth-order valence-corrected chi connectivity index (χ4v) is 6.01. The monoisotopic (exact) mass is 544 g/mol. The Morgan fingerprint density at radius 2 is 1.76 bits per heavy atom. The molecule has 0 bridgehead atoms. The van der Waals surface area contributed by atoms with E-state index in [1.165, 1.54) is 30.4 Å². The van der Waals surface area contributed by atoms with Gasteiger partial charge in [-0.25, -0.2) is 23.5 Å². The first-order valence-electron chi connectivity index (χ1n) is 12.7. The van der Waals surface area contributed by atoms with Crippen molar-refractivity contribution in [1.82, 2.24) is 10.2 Å². The van der Waals surface area contributed by atoms with Crippen LogP contribution in [0.25, 0.3) is 6.08 Å². The molecule has 38 heavy (non-hydrogen) atoms. The Hall–Kier alpha value is -3.05. The first kappa shape index (κ1) is 29.5. The Balaban J connectivity index is 1.79. The Morgan fingerprint density at radius 1 is 1.08 bits per heavy atom. The van der Waals surface area contributed by atoms with Crippen LogP contribution in [0.4, 0.5) is 0 Å². The molecule has 3 rings (SSSR count). The van der Waals surface area contributed by atoms with Crippen LogP contribution in [0.3, 0.4) is 0 Å². The van der Waals surface area contributed by atoms with Gasteiger partial charge in [0.15, 0.2) is 11.8 Å². The van der Waals surface area contributed by atoms with Crippen molar-refractivity contribution < 1.29 is 32.7 Å². The summed E-state index contributed by atoms with van der Waals surface area (Å²) in [4.78, 5) is 29.9. The third-order valence-corrected chi connectivity index (χ3v) is 7.88. The lowest BCUT2D eigenvalue weighted by atomic mass is 9.78. The highest BCUT2D eigenvalue weighted by Crippen LogP contribution is 2.42. The maximum absolute atomic E-state index is 13.5. The molecule has 0 spiro atoms. The van der Waals surface area contributed by atoms with Crippen LogP contribution in [-0.4, -0.2) is 38.3 Å². The highest BCUT2D eigenvalue weighted by molar-refractivity contribution is 7.89. The topological polar surface area (TPSA) is 131 Å². The standard InChI is InChI=1S/C28H36N2O7S/c1-20(2)19-36-21(3)37-29-26(31)17-16-22-10-9-15-25(18-22)38(34,35)30-28(27(32)33,24-13-7-8-14-24)23-11-5-4-6-12-23/h4-6,9-12,15-18,20-21,24,30H,7-8,13-14,19H2,1-3H3,(H,29,31)(H,32,33)/b17-16+/t21?,28-/m1/s1. The van der Waals surface area contributed by atoms with E-state index >= 15 is 0 Å². The molecule has 1 unspecified atom stereocenters. The highest BCUT2D eigenvalue weighted by Gasteiger charge is 2.51. The summed E-state index contributed by atoms with van der Waals surface area (Å²) in [6, 6.07) is 14.4. The van der Waals surface area contributed by atoms with Crippen LogP contribution in [0.15, 0.2) is 65.6 Å². The van der Waals surface area contributed by atoms with E-state index in [2.05, 4.69) is 10.2 Å². The first-order chi connectivity index (χ1) is 18.0. The number of amides is 1. The summed E-state index contributed by atoms with van der Waals surface area (Å²) in [7, 11) is -4.25. The second kappa shape index (κ2) is 13.1. The van der Waals surface area contributed by atoms with E-state index in [4.69, 9.17) is 9.57 Å². The van der Waals surface area contributed by atoms with E-state index in [0.717, 1.165) is 12.8 Å². The molecule has 9 nitrogen and oxygen atoms in total. The van der Waals surface area contributed by atoms with Gasteiger partial charge < -0.3 is 9.84 Å². The SMILES string of the molecule is CC(C)COC(C)ONC(=O)/C=C/c1cccc(S(=O)(=O)N[C@](C(=O)O)(c2ccccc2)C2CCCC2)c1. The lowest BCUT2D eigenvalue weighted by Gasteiger charge is -2.36. The minimum atomic E-state index is -4.25. The van der Waals surface area contributed by atoms with Crippen molar-refractivity contribution in [3.63, 3.8) is 0 Å². The minimum absolute atomic E-state index is 0.105. The largest absolute Gasteiger partial charge is 0.480 e. The van der Waals surface area contributed by atoms with Crippen molar-refractivity contribution in [2.75, 3.05) is 6.61 Å². The predicted molar refractivity (Wildman–Crippen MR) is 143 cm³/mol. The normalized spacial score (nSPS) is 16.9. The molecule has 0 radical (unpaired) electrons. The van der Waals surface area contributed by atoms with Gasteiger partial charge in [0.1, 0.15) is 0 Å². The fourth-order valence-electron chi connectivity index (χ4n) is 4.54. The number of ether oxygens (including phenoxy) is 1. The summed E-state index contributed by atoms with van der Waals surface area (Å²) in [6.07, 6.45) is 4.89. The number of carbonyl (C=O) groups is 2. The Morgan fingerprint density at radius 3 is 2.39 bits per heavy atom. The molecule has 2 atom stereocenters. The molecule has 1 fully saturated rings. The average molecular weight is 545 g/mol. The Kier molecular flexibility index (Phi) is 10.2. The molecule has 2 aromatic rings. The van der Waals surface area contributed by atoms with Gasteiger partial charge in [0.2, 0.25) is 10.0 Å². The molecule has 2 aromatic carbocycles. The van der Waals surface area contributed by atoms with E-state index in [1.54, 1.807) is 43.3 Å². The number of carbonyl (C=O) groups excluding carboxylic acids is 1. The van der Waals surface area contributed by atoms with E-state index in [0.29, 0.717) is 36.5 Å². The van der Waals surface area contributed by atoms with Gasteiger partial charge in [-0.1, -0.05) is 69.2 Å². The number of carboxylic acid groups (broad SMARTS) is 1. The van der Waals surface area contributed by atoms with Gasteiger partial charge in [-0.15, -0.1) is 0 Å². The van der Waals surface area contributed by atoms with Gasteiger partial charge in [-0.2, -0.15) is 4.72 Å². The first-order valence-corrected chi connectivity index (χ1v) is 14.2. The van der Waals surface area contributed by atoms with Crippen LogP contribution in [-0.2, 0) is 34.7 Å². The zero-order valence-corrected chi connectivity index (χ0v) is 22.7. The molecule has 206 valence electrons. The van der Waals surface area contributed by atoms with E-state index < -0.39 is 39.6 Å². The maximum atomic E-state index is 13.5. The number of rotatable bonds is 13. The van der Waals surface area contributed by atoms with Gasteiger partial charge in [-0.05, 0) is 60.9 Å². The van der Waals surface area contributed by atoms with E-state index in [9.17, 15) is 23.1 Å². The second-order valence-corrected chi connectivity index (χ2v) is 11.5. The molecular weight excluding hydrogens is 508 g/mol. The number of sulfonamides is 1. The van der Waals surface area contributed by atoms with Crippen LogP contribution in [0, 0.1) is 11.8 Å². The summed E-state index contributed by atoms with van der Waals surface area (Å²) < 4.78 is 35.1. The van der Waals surface area contributed by atoms with Gasteiger partial charge in [0.25, 0.3) is 5.91 Å². The number of hydrogen-bond donors (Lipinski definition) is 3. The number of aliphatic carboxylic acids is 1. The summed E-state index contributed by atoms with van der Waals surface area (Å²) in [5.41, 5.74) is 1.30. The lowest BCUT2D eigenvalue weighted by Crippen LogP contribution is -2.56. The van der Waals surface area contributed by atoms with Crippen molar-refractivity contribution in [3.05, 3.63) is 71.8 Å². The van der Waals surface area contributed by atoms with E-state index in [-0.39, 0.29) is 4.90 Å². The average Bonchev–Trinajstić information content (AvgIpc) is 3.44. The quantitative estimate of drug-likeness (QED) is 0.196. The summed E-state index contributed by atoms with van der Waals surface area (Å²) in [5.74, 6) is -1.86. The zero-order valence-electron chi connectivity index (χ0n) is 21.9. The van der Waals surface area contributed by atoms with Gasteiger partial charge in [0, 0.05) is 6.08 Å². The maximum Gasteiger partial charge on any atom is 0.329 e. The molecule has 0 saturated heterocycles. The molecule has 3 N–H and O–H groups in total. The van der Waals surface area contributed by atoms with Crippen LogP contribution in [0.1, 0.15) is 57.6 Å². The van der Waals surface area contributed by atoms with Gasteiger partial charge in [-0.3, -0.25) is 4.79 Å². The second-order valence-electron chi connectivity index (χ2n) is 9.85. The molecular formula is C28H36N2O7S. The smallest absolute Gasteiger partial charge is 0.329 e. The molecule has 0 aromatic heterocycles. The lowest BCUT2D eigenvalue weighted by molar-refractivity contribution is -0.180. The third kappa shape index (κ3) is 7.50. The van der Waals surface area contributed by atoms with Crippen molar-refractivity contribution in [1.29, 1.82) is 0 Å². The zero-order chi connectivity index (χ0) is 27.8. The van der Waals surface area contributed by atoms with Crippen molar-refractivity contribution >= 4 is 28.0 Å². The molecule has 1 saturated carbocycles. The third-order valence-electron chi connectivity index (χ3n) is 6.41. The molecule has 0 heterocycles. The number of nitrogens with one attached hydrogen (secondary N) is 2. The van der Waals surface area contributed by atoms with Crippen LogP contribution < -0.4 is 10.2 Å². The summed E-state index contributed by atoms with van der Waals surface area (Å²) in [5, 5.41) is 10.4. The highest BCUT2D eigenvalue weighted by atomic mass is 32.2. The molecule has 1 amide bonds. The number of hydroxylamine groups is 1. The Bertz CT molecular complexity index is 1220. The molecule has 10 heteroatoms. The molecule has 1 aliphatic rings. The minimum Gasteiger partial charge on any atom is -0.480 e. The predicted octanol–water partition coefficient (Wildman–Crippen LogP) is 4.21. The molecule has 0 aliphatic heterocycles. The number of hydrogen-bond acceptors (Lipinski definition) is 6. The number of benzene rings is 2. The van der Waals surface area contributed by atoms with Crippen LogP contribution >= 0.6 is 0 Å². The Labute approximate surface area is 224 Å². The summed E-state index contributed by atoms with van der Waals surface area (Å²) in [6.45, 7) is 6.13. The van der Waals surface area contributed by atoms with Gasteiger partial charge >= 0.3 is 5.97 Å². The summed E-state index contributed by atoms with van der Waals surface area (Å²) >= 11 is 0. The molecule has 1 aliphatic carbocycles. The van der Waals surface area contributed by atoms with Gasteiger partial charge in [0.05, 0.1) is 11.5 Å². The van der Waals surface area contributed by atoms with Crippen LogP contribution in [0.2, 0.25) is 0 Å². The van der Waals surface area contributed by atoms with Crippen LogP contribution in [0.5, 0.6) is 0 Å². The van der Waals surface area contributed by atoms with Crippen molar-refractivity contribution in [2.24, 2.45) is 11.8 Å². The van der Waals surface area contributed by atoms with E-state index in [1.807, 2.05) is 13.8 Å². The van der Waals surface area contributed by atoms with Crippen molar-refractivity contribution in [3.8, 4) is 0 Å². The fraction of sp³-hybridized carbons (Fsp3) is 0.429. The number of carboxylic acids is 1. The van der Waals surface area contributed by atoms with Crippen molar-refractivity contribution in [2.45, 2.75) is 63.2 Å².